The van der Waals surface area contributed by atoms with Crippen molar-refractivity contribution in [2.24, 2.45) is 0 Å². The maximum Gasteiger partial charge on any atom is 0.243 e. The number of pyridine rings is 1. The number of ether oxygens (including phenoxy) is 1. The molecular weight excluding hydrogens is 301 g/mol. The normalized spacial score (nSPS) is 23.2. The maximum absolute atomic E-state index is 13.5. The van der Waals surface area contributed by atoms with Crippen LogP contribution in [0.4, 0.5) is 10.1 Å². The highest BCUT2D eigenvalue weighted by Crippen LogP contribution is 2.24. The zero-order valence-electron chi connectivity index (χ0n) is 11.6. The number of sulfonamides is 1. The molecule has 0 saturated carbocycles. The molecule has 7 nitrogen and oxygen atoms in total. The summed E-state index contributed by atoms with van der Waals surface area (Å²) in [5.74, 6) is -1.27. The van der Waals surface area contributed by atoms with E-state index in [0.29, 0.717) is 0 Å². The molecule has 1 N–H and O–H groups in total. The molecular formula is C12H16FN3O4S. The van der Waals surface area contributed by atoms with Gasteiger partial charge in [-0.05, 0) is 6.07 Å². The summed E-state index contributed by atoms with van der Waals surface area (Å²) in [5, 5.41) is 2.38. The van der Waals surface area contributed by atoms with Crippen molar-refractivity contribution in [2.45, 2.75) is 18.6 Å². The first-order valence-corrected chi connectivity index (χ1v) is 8.07. The molecule has 0 radical (unpaired) electrons. The first-order chi connectivity index (χ1) is 9.82. The third kappa shape index (κ3) is 3.55. The van der Waals surface area contributed by atoms with Gasteiger partial charge < -0.3 is 10.1 Å². The van der Waals surface area contributed by atoms with Crippen molar-refractivity contribution in [3.05, 3.63) is 24.3 Å². The lowest BCUT2D eigenvalue weighted by Crippen LogP contribution is -2.42. The largest absolute Gasteiger partial charge is 0.380 e. The Labute approximate surface area is 122 Å². The highest BCUT2D eigenvalue weighted by molar-refractivity contribution is 7.88. The molecule has 2 rings (SSSR count). The Balaban J connectivity index is 2.19. The van der Waals surface area contributed by atoms with Crippen LogP contribution < -0.4 is 5.32 Å². The minimum Gasteiger partial charge on any atom is -0.380 e. The van der Waals surface area contributed by atoms with Gasteiger partial charge in [-0.1, -0.05) is 0 Å². The van der Waals surface area contributed by atoms with Gasteiger partial charge in [0.2, 0.25) is 15.9 Å². The Morgan fingerprint density at radius 3 is 2.86 bits per heavy atom. The summed E-state index contributed by atoms with van der Waals surface area (Å²) in [6.45, 7) is 0.103. The lowest BCUT2D eigenvalue weighted by atomic mass is 10.2. The molecule has 0 aliphatic carbocycles. The minimum atomic E-state index is -3.56. The second-order valence-electron chi connectivity index (χ2n) is 4.79. The number of amides is 1. The van der Waals surface area contributed by atoms with Crippen LogP contribution in [-0.2, 0) is 19.6 Å². The Morgan fingerprint density at radius 2 is 2.29 bits per heavy atom. The lowest BCUT2D eigenvalue weighted by molar-refractivity contribution is -0.119. The number of nitrogens with zero attached hydrogens (tertiary/aromatic N) is 2. The summed E-state index contributed by atoms with van der Waals surface area (Å²) < 4.78 is 43.1. The summed E-state index contributed by atoms with van der Waals surface area (Å²) in [7, 11) is -2.10. The van der Waals surface area contributed by atoms with Gasteiger partial charge >= 0.3 is 0 Å². The number of aromatic nitrogens is 1. The van der Waals surface area contributed by atoms with Crippen molar-refractivity contribution in [2.75, 3.05) is 25.2 Å². The van der Waals surface area contributed by atoms with Gasteiger partial charge in [0, 0.05) is 26.3 Å². The maximum atomic E-state index is 13.5. The molecule has 2 heterocycles. The zero-order chi connectivity index (χ0) is 15.6. The Kier molecular flexibility index (Phi) is 4.55. The van der Waals surface area contributed by atoms with E-state index in [1.165, 1.54) is 19.4 Å². The first kappa shape index (κ1) is 15.8. The number of carbonyl (C=O) groups is 1. The number of halogens is 1. The van der Waals surface area contributed by atoms with Crippen molar-refractivity contribution in [3.63, 3.8) is 0 Å². The van der Waals surface area contributed by atoms with Gasteiger partial charge in [-0.2, -0.15) is 4.31 Å². The van der Waals surface area contributed by atoms with Crippen LogP contribution in [0.2, 0.25) is 0 Å². The van der Waals surface area contributed by atoms with Crippen LogP contribution in [0.15, 0.2) is 18.5 Å². The highest BCUT2D eigenvalue weighted by atomic mass is 32.2. The summed E-state index contributed by atoms with van der Waals surface area (Å²) >= 11 is 0. The number of hydrogen-bond donors (Lipinski definition) is 1. The molecule has 0 unspecified atom stereocenters. The van der Waals surface area contributed by atoms with Crippen molar-refractivity contribution in [1.82, 2.24) is 9.29 Å². The van der Waals surface area contributed by atoms with Crippen molar-refractivity contribution >= 4 is 21.6 Å². The van der Waals surface area contributed by atoms with E-state index >= 15 is 0 Å². The van der Waals surface area contributed by atoms with Gasteiger partial charge in [-0.25, -0.2) is 12.8 Å². The Morgan fingerprint density at radius 1 is 1.57 bits per heavy atom. The van der Waals surface area contributed by atoms with Gasteiger partial charge in [-0.3, -0.25) is 9.78 Å². The van der Waals surface area contributed by atoms with E-state index in [9.17, 15) is 17.6 Å². The zero-order valence-corrected chi connectivity index (χ0v) is 12.4. The van der Waals surface area contributed by atoms with Crippen LogP contribution in [0.1, 0.15) is 6.42 Å². The third-order valence-corrected chi connectivity index (χ3v) is 4.57. The first-order valence-electron chi connectivity index (χ1n) is 6.23. The van der Waals surface area contributed by atoms with Gasteiger partial charge in [-0.15, -0.1) is 0 Å². The second kappa shape index (κ2) is 6.04. The van der Waals surface area contributed by atoms with E-state index in [-0.39, 0.29) is 24.8 Å². The quantitative estimate of drug-likeness (QED) is 0.857. The number of methoxy groups -OCH3 is 1. The second-order valence-corrected chi connectivity index (χ2v) is 6.72. The molecule has 21 heavy (non-hydrogen) atoms. The molecule has 1 saturated heterocycles. The molecule has 0 bridgehead atoms. The van der Waals surface area contributed by atoms with Crippen LogP contribution in [0.3, 0.4) is 0 Å². The minimum absolute atomic E-state index is 0.0377. The number of anilines is 1. The smallest absolute Gasteiger partial charge is 0.243 e. The average Bonchev–Trinajstić information content (AvgIpc) is 2.85. The third-order valence-electron chi connectivity index (χ3n) is 3.31. The number of hydrogen-bond acceptors (Lipinski definition) is 5. The molecule has 9 heteroatoms. The Bertz CT molecular complexity index is 637. The monoisotopic (exact) mass is 317 g/mol. The van der Waals surface area contributed by atoms with E-state index in [0.717, 1.165) is 16.8 Å². The molecule has 116 valence electrons. The topological polar surface area (TPSA) is 88.6 Å². The summed E-state index contributed by atoms with van der Waals surface area (Å²) in [5.41, 5.74) is -0.0377. The van der Waals surface area contributed by atoms with Crippen LogP contribution in [0.25, 0.3) is 0 Å². The summed E-state index contributed by atoms with van der Waals surface area (Å²) in [6.07, 6.45) is 3.19. The number of carbonyl (C=O) groups excluding carboxylic acids is 1. The van der Waals surface area contributed by atoms with Crippen LogP contribution >= 0.6 is 0 Å². The molecule has 1 fully saturated rings. The fraction of sp³-hybridized carbons (Fsp3) is 0.500. The van der Waals surface area contributed by atoms with E-state index in [4.69, 9.17) is 4.74 Å². The van der Waals surface area contributed by atoms with Crippen molar-refractivity contribution in [1.29, 1.82) is 0 Å². The van der Waals surface area contributed by atoms with Gasteiger partial charge in [0.25, 0.3) is 0 Å². The van der Waals surface area contributed by atoms with E-state index < -0.39 is 27.8 Å². The molecule has 0 aromatic carbocycles. The van der Waals surface area contributed by atoms with Crippen LogP contribution in [0, 0.1) is 5.82 Å². The highest BCUT2D eigenvalue weighted by Gasteiger charge is 2.41. The van der Waals surface area contributed by atoms with E-state index in [2.05, 4.69) is 10.3 Å². The molecule has 1 aliphatic heterocycles. The molecule has 1 aromatic heterocycles. The Hall–Kier alpha value is -1.58. The fourth-order valence-electron chi connectivity index (χ4n) is 2.24. The van der Waals surface area contributed by atoms with Crippen LogP contribution in [0.5, 0.6) is 0 Å². The van der Waals surface area contributed by atoms with Crippen LogP contribution in [-0.4, -0.2) is 55.7 Å². The summed E-state index contributed by atoms with van der Waals surface area (Å²) in [4.78, 5) is 15.8. The molecule has 1 aliphatic rings. The van der Waals surface area contributed by atoms with E-state index in [1.807, 2.05) is 0 Å². The average molecular weight is 317 g/mol. The predicted molar refractivity (Wildman–Crippen MR) is 73.6 cm³/mol. The summed E-state index contributed by atoms with van der Waals surface area (Å²) in [6, 6.07) is 0.387. The predicted octanol–water partition coefficient (Wildman–Crippen LogP) is 0.208. The van der Waals surface area contributed by atoms with E-state index in [1.54, 1.807) is 0 Å². The molecule has 1 aromatic rings. The lowest BCUT2D eigenvalue weighted by Gasteiger charge is -2.21. The SMILES string of the molecule is CO[C@H]1C[C@H](C(=O)Nc2ccncc2F)N(S(C)(=O)=O)C1. The van der Waals surface area contributed by atoms with Crippen molar-refractivity contribution < 1.29 is 22.3 Å². The van der Waals surface area contributed by atoms with Crippen molar-refractivity contribution in [3.8, 4) is 0 Å². The molecule has 1 amide bonds. The number of rotatable bonds is 4. The van der Waals surface area contributed by atoms with Gasteiger partial charge in [0.1, 0.15) is 6.04 Å². The number of nitrogens with one attached hydrogen (secondary N) is 1. The molecule has 0 spiro atoms. The fourth-order valence-corrected chi connectivity index (χ4v) is 3.32. The molecule has 2 atom stereocenters. The standard InChI is InChI=1S/C12H16FN3O4S/c1-20-8-5-11(16(7-8)21(2,18)19)12(17)15-10-3-4-14-6-9(10)13/h3-4,6,8,11H,5,7H2,1-2H3,(H,14,15,17)/t8-,11+/m0/s1. The van der Waals surface area contributed by atoms with Gasteiger partial charge in [0.05, 0.1) is 24.2 Å². The van der Waals surface area contributed by atoms with Gasteiger partial charge in [0.15, 0.2) is 5.82 Å².